The maximum absolute atomic E-state index is 15.7. The van der Waals surface area contributed by atoms with E-state index in [4.69, 9.17) is 0 Å². The van der Waals surface area contributed by atoms with Crippen molar-refractivity contribution in [2.24, 2.45) is 22.7 Å². The van der Waals surface area contributed by atoms with Gasteiger partial charge in [-0.2, -0.15) is 13.2 Å². The fraction of sp³-hybridized carbons (Fsp3) is 0.548. The Balaban J connectivity index is 1.72. The first-order valence-electron chi connectivity index (χ1n) is 13.3. The SMILES string of the molecule is CC(=O)[C@]1(C#CC(F)(F)F)CC[C@H]2[C@@H]3CC(F)C4=CC(=O)CCC4=C3[C@@H](c3ccc(N(C)C)cc3)C[C@@]21C. The number of alkyl halides is 4. The Hall–Kier alpha value is -2.88. The van der Waals surface area contributed by atoms with Crippen LogP contribution in [0.5, 0.6) is 0 Å². The number of anilines is 1. The molecular weight excluding hydrogens is 494 g/mol. The molecule has 3 nitrogen and oxygen atoms in total. The molecule has 0 aromatic heterocycles. The Morgan fingerprint density at radius 1 is 1.13 bits per heavy atom. The molecule has 4 aliphatic rings. The number of hydrogen-bond acceptors (Lipinski definition) is 3. The summed E-state index contributed by atoms with van der Waals surface area (Å²) in [6, 6.07) is 8.06. The minimum atomic E-state index is -4.71. The van der Waals surface area contributed by atoms with Crippen LogP contribution in [0.3, 0.4) is 0 Å². The molecule has 0 bridgehead atoms. The third-order valence-electron chi connectivity index (χ3n) is 9.78. The van der Waals surface area contributed by atoms with Gasteiger partial charge in [0.05, 0.1) is 5.41 Å². The van der Waals surface area contributed by atoms with Crippen molar-refractivity contribution >= 4 is 17.3 Å². The van der Waals surface area contributed by atoms with E-state index in [-0.39, 0.29) is 42.2 Å². The summed E-state index contributed by atoms with van der Waals surface area (Å²) >= 11 is 0. The number of fused-ring (bicyclic) bond motifs is 4. The van der Waals surface area contributed by atoms with Crippen molar-refractivity contribution in [1.82, 2.24) is 0 Å². The van der Waals surface area contributed by atoms with E-state index in [2.05, 4.69) is 5.92 Å². The van der Waals surface area contributed by atoms with Crippen molar-refractivity contribution in [3.05, 3.63) is 52.6 Å². The standard InChI is InChI=1S/C31H33F4NO2/c1-18(37)30(13-14-31(33,34)35)12-11-26-24-16-27(32)23-15-21(38)9-10-22(23)28(24)25(17-29(26,30)2)19-5-7-20(8-6-19)36(3)4/h5-8,15,24-27H,9-12,16-17H2,1-4H3/t24-,25+,26-,27?,29-,30+/m0/s1. The molecule has 0 N–H and O–H groups in total. The van der Waals surface area contributed by atoms with E-state index < -0.39 is 23.2 Å². The van der Waals surface area contributed by atoms with E-state index in [1.54, 1.807) is 0 Å². The zero-order valence-electron chi connectivity index (χ0n) is 22.2. The van der Waals surface area contributed by atoms with E-state index in [0.29, 0.717) is 31.3 Å². The van der Waals surface area contributed by atoms with Crippen LogP contribution >= 0.6 is 0 Å². The number of allylic oxidation sites excluding steroid dienone is 4. The molecule has 0 aliphatic heterocycles. The molecular formula is C31H33F4NO2. The molecule has 0 amide bonds. The molecule has 38 heavy (non-hydrogen) atoms. The van der Waals surface area contributed by atoms with Crippen LogP contribution in [0.15, 0.2) is 47.1 Å². The molecule has 7 heteroatoms. The maximum Gasteiger partial charge on any atom is 0.457 e. The molecule has 0 spiro atoms. The first-order valence-corrected chi connectivity index (χ1v) is 13.3. The van der Waals surface area contributed by atoms with Crippen LogP contribution in [0.25, 0.3) is 0 Å². The van der Waals surface area contributed by atoms with Crippen LogP contribution in [0.4, 0.5) is 23.2 Å². The maximum atomic E-state index is 15.7. The van der Waals surface area contributed by atoms with Crippen molar-refractivity contribution in [3.8, 4) is 11.8 Å². The first kappa shape index (κ1) is 26.7. The van der Waals surface area contributed by atoms with Crippen molar-refractivity contribution < 1.29 is 27.2 Å². The van der Waals surface area contributed by atoms with Crippen molar-refractivity contribution in [2.45, 2.75) is 70.6 Å². The lowest BCUT2D eigenvalue weighted by Crippen LogP contribution is -2.51. The first-order chi connectivity index (χ1) is 17.8. The van der Waals surface area contributed by atoms with Gasteiger partial charge in [-0.3, -0.25) is 9.59 Å². The number of nitrogens with zero attached hydrogens (tertiary/aromatic N) is 1. The van der Waals surface area contributed by atoms with Crippen LogP contribution in [0.2, 0.25) is 0 Å². The lowest BCUT2D eigenvalue weighted by Gasteiger charge is -2.55. The summed E-state index contributed by atoms with van der Waals surface area (Å²) in [5, 5.41) is 0. The van der Waals surface area contributed by atoms with Gasteiger partial charge in [0.25, 0.3) is 0 Å². The average Bonchev–Trinajstić information content (AvgIpc) is 3.15. The van der Waals surface area contributed by atoms with Crippen molar-refractivity contribution in [3.63, 3.8) is 0 Å². The Labute approximate surface area is 221 Å². The molecule has 2 saturated carbocycles. The molecule has 4 aliphatic carbocycles. The summed E-state index contributed by atoms with van der Waals surface area (Å²) in [7, 11) is 3.89. The summed E-state index contributed by atoms with van der Waals surface area (Å²) in [5.74, 6) is 2.85. The number of rotatable bonds is 3. The summed E-state index contributed by atoms with van der Waals surface area (Å²) < 4.78 is 55.5. The van der Waals surface area contributed by atoms with E-state index in [0.717, 1.165) is 22.4 Å². The average molecular weight is 528 g/mol. The van der Waals surface area contributed by atoms with Gasteiger partial charge in [0.1, 0.15) is 12.0 Å². The number of halogens is 4. The molecule has 202 valence electrons. The molecule has 0 saturated heterocycles. The molecule has 1 aromatic carbocycles. The highest BCUT2D eigenvalue weighted by Gasteiger charge is 2.65. The zero-order chi connectivity index (χ0) is 27.6. The van der Waals surface area contributed by atoms with Gasteiger partial charge >= 0.3 is 6.18 Å². The lowest BCUT2D eigenvalue weighted by atomic mass is 9.48. The highest BCUT2D eigenvalue weighted by Crippen LogP contribution is 2.69. The largest absolute Gasteiger partial charge is 0.457 e. The minimum Gasteiger partial charge on any atom is -0.378 e. The summed E-state index contributed by atoms with van der Waals surface area (Å²) in [6.07, 6.45) is -2.40. The van der Waals surface area contributed by atoms with Gasteiger partial charge < -0.3 is 4.90 Å². The van der Waals surface area contributed by atoms with E-state index in [1.807, 2.05) is 50.2 Å². The third kappa shape index (κ3) is 4.12. The van der Waals surface area contributed by atoms with Crippen LogP contribution in [-0.4, -0.2) is 38.0 Å². The number of ketones is 2. The predicted octanol–water partition coefficient (Wildman–Crippen LogP) is 6.74. The van der Waals surface area contributed by atoms with Gasteiger partial charge in [-0.25, -0.2) is 4.39 Å². The molecule has 1 unspecified atom stereocenters. The quantitative estimate of drug-likeness (QED) is 0.323. The summed E-state index contributed by atoms with van der Waals surface area (Å²) in [4.78, 5) is 27.4. The predicted molar refractivity (Wildman–Crippen MR) is 138 cm³/mol. The fourth-order valence-corrected chi connectivity index (χ4v) is 8.01. The van der Waals surface area contributed by atoms with Crippen LogP contribution in [0, 0.1) is 34.5 Å². The number of Topliss-reactive ketones (excluding diaryl/α,β-unsaturated/α-hetero) is 1. The van der Waals surface area contributed by atoms with Gasteiger partial charge in [-0.15, -0.1) is 0 Å². The molecule has 6 atom stereocenters. The fourth-order valence-electron chi connectivity index (χ4n) is 8.01. The van der Waals surface area contributed by atoms with Gasteiger partial charge in [0.15, 0.2) is 5.78 Å². The minimum absolute atomic E-state index is 0.0723. The second-order valence-electron chi connectivity index (χ2n) is 11.8. The smallest absolute Gasteiger partial charge is 0.378 e. The molecule has 0 heterocycles. The van der Waals surface area contributed by atoms with Crippen LogP contribution in [0.1, 0.15) is 63.9 Å². The Kier molecular flexibility index (Phi) is 6.40. The third-order valence-corrected chi connectivity index (χ3v) is 9.78. The van der Waals surface area contributed by atoms with Crippen molar-refractivity contribution in [1.29, 1.82) is 0 Å². The van der Waals surface area contributed by atoms with Crippen molar-refractivity contribution in [2.75, 3.05) is 19.0 Å². The highest BCUT2D eigenvalue weighted by atomic mass is 19.4. The van der Waals surface area contributed by atoms with E-state index >= 15 is 4.39 Å². The molecule has 2 fully saturated rings. The Morgan fingerprint density at radius 2 is 1.82 bits per heavy atom. The number of benzene rings is 1. The zero-order valence-corrected chi connectivity index (χ0v) is 22.2. The van der Waals surface area contributed by atoms with Crippen LogP contribution in [-0.2, 0) is 9.59 Å². The normalized spacial score (nSPS) is 34.4. The van der Waals surface area contributed by atoms with Gasteiger partial charge in [0, 0.05) is 38.0 Å². The number of hydrogen-bond donors (Lipinski definition) is 0. The number of carbonyl (C=O) groups is 2. The second-order valence-corrected chi connectivity index (χ2v) is 11.8. The van der Waals surface area contributed by atoms with Crippen LogP contribution < -0.4 is 4.90 Å². The molecule has 1 aromatic rings. The number of carbonyl (C=O) groups excluding carboxylic acids is 2. The van der Waals surface area contributed by atoms with E-state index in [1.165, 1.54) is 18.9 Å². The monoisotopic (exact) mass is 527 g/mol. The topological polar surface area (TPSA) is 37.4 Å². The summed E-state index contributed by atoms with van der Waals surface area (Å²) in [5.41, 5.74) is 2.18. The highest BCUT2D eigenvalue weighted by molar-refractivity contribution is 5.93. The van der Waals surface area contributed by atoms with Gasteiger partial charge in [-0.05, 0) is 91.2 Å². The van der Waals surface area contributed by atoms with Gasteiger partial charge in [-0.1, -0.05) is 30.6 Å². The lowest BCUT2D eigenvalue weighted by molar-refractivity contribution is -0.130. The molecule has 5 rings (SSSR count). The second kappa shape index (κ2) is 9.10. The Morgan fingerprint density at radius 3 is 2.42 bits per heavy atom. The van der Waals surface area contributed by atoms with E-state index in [9.17, 15) is 22.8 Å². The Bertz CT molecular complexity index is 1300. The van der Waals surface area contributed by atoms with Gasteiger partial charge in [0.2, 0.25) is 0 Å². The molecule has 0 radical (unpaired) electrons. The summed E-state index contributed by atoms with van der Waals surface area (Å²) in [6.45, 7) is 3.25.